The number of hydrogen-bond acceptors (Lipinski definition) is 4. The Morgan fingerprint density at radius 3 is 2.39 bits per heavy atom. The number of carbonyl (C=O) groups is 1. The molecule has 5 heteroatoms. The van der Waals surface area contributed by atoms with Crippen LogP contribution < -0.4 is 14.2 Å². The molecule has 0 amide bonds. The second-order valence-electron chi connectivity index (χ2n) is 4.66. The van der Waals surface area contributed by atoms with E-state index in [9.17, 15) is 4.79 Å². The van der Waals surface area contributed by atoms with Crippen LogP contribution in [0.4, 0.5) is 0 Å². The molecule has 0 aliphatic heterocycles. The lowest BCUT2D eigenvalue weighted by molar-refractivity contribution is 0.104. The number of hydrogen-bond donors (Lipinski definition) is 0. The fourth-order valence-electron chi connectivity index (χ4n) is 2.06. The van der Waals surface area contributed by atoms with E-state index in [2.05, 4.69) is 0 Å². The predicted molar refractivity (Wildman–Crippen MR) is 90.9 cm³/mol. The van der Waals surface area contributed by atoms with Crippen LogP contribution in [0.15, 0.2) is 42.5 Å². The number of benzene rings is 2. The monoisotopic (exact) mass is 332 g/mol. The van der Waals surface area contributed by atoms with Crippen molar-refractivity contribution in [1.29, 1.82) is 0 Å². The van der Waals surface area contributed by atoms with Gasteiger partial charge in [-0.1, -0.05) is 29.8 Å². The number of ketones is 1. The Hall–Kier alpha value is -2.46. The van der Waals surface area contributed by atoms with Crippen molar-refractivity contribution < 1.29 is 19.0 Å². The molecule has 0 saturated heterocycles. The van der Waals surface area contributed by atoms with Gasteiger partial charge in [-0.05, 0) is 29.8 Å². The second-order valence-corrected chi connectivity index (χ2v) is 5.07. The van der Waals surface area contributed by atoms with Crippen LogP contribution in [0.25, 0.3) is 6.08 Å². The van der Waals surface area contributed by atoms with Crippen LogP contribution in [-0.4, -0.2) is 27.1 Å². The number of halogens is 1. The lowest BCUT2D eigenvalue weighted by Gasteiger charge is -2.10. The van der Waals surface area contributed by atoms with Crippen molar-refractivity contribution in [3.8, 4) is 17.2 Å². The molecule has 0 unspecified atom stereocenters. The predicted octanol–water partition coefficient (Wildman–Crippen LogP) is 4.26. The molecule has 2 aromatic rings. The number of carbonyl (C=O) groups excluding carboxylic acids is 1. The first kappa shape index (κ1) is 16.9. The normalized spacial score (nSPS) is 10.6. The van der Waals surface area contributed by atoms with Crippen molar-refractivity contribution in [1.82, 2.24) is 0 Å². The van der Waals surface area contributed by atoms with Crippen LogP contribution in [0.5, 0.6) is 17.2 Å². The standard InChI is InChI=1S/C18H17ClO4/c1-21-13-6-4-5-12(9-13)7-8-16(20)14-10-15(19)18(23-3)11-17(14)22-2/h4-11H,1-3H3. The third-order valence-electron chi connectivity index (χ3n) is 3.26. The van der Waals surface area contributed by atoms with E-state index in [1.165, 1.54) is 26.4 Å². The molecule has 0 heterocycles. The fraction of sp³-hybridized carbons (Fsp3) is 0.167. The molecular weight excluding hydrogens is 316 g/mol. The van der Waals surface area contributed by atoms with Gasteiger partial charge in [0.15, 0.2) is 5.78 Å². The molecular formula is C18H17ClO4. The van der Waals surface area contributed by atoms with E-state index in [-0.39, 0.29) is 5.78 Å². The van der Waals surface area contributed by atoms with E-state index in [1.54, 1.807) is 19.3 Å². The van der Waals surface area contributed by atoms with Crippen molar-refractivity contribution in [3.05, 3.63) is 58.6 Å². The maximum atomic E-state index is 12.4. The molecule has 0 saturated carbocycles. The van der Waals surface area contributed by atoms with Crippen LogP contribution in [0.2, 0.25) is 5.02 Å². The summed E-state index contributed by atoms with van der Waals surface area (Å²) < 4.78 is 15.5. The molecule has 0 spiro atoms. The summed E-state index contributed by atoms with van der Waals surface area (Å²) in [5, 5.41) is 0.353. The van der Waals surface area contributed by atoms with E-state index in [1.807, 2.05) is 24.3 Å². The summed E-state index contributed by atoms with van der Waals surface area (Å²) in [6, 6.07) is 10.5. The van der Waals surface area contributed by atoms with Crippen molar-refractivity contribution >= 4 is 23.5 Å². The number of methoxy groups -OCH3 is 3. The van der Waals surface area contributed by atoms with Crippen LogP contribution in [0, 0.1) is 0 Å². The Balaban J connectivity index is 2.29. The van der Waals surface area contributed by atoms with Gasteiger partial charge in [-0.25, -0.2) is 0 Å². The third kappa shape index (κ3) is 4.05. The highest BCUT2D eigenvalue weighted by Gasteiger charge is 2.14. The maximum absolute atomic E-state index is 12.4. The first-order valence-corrected chi connectivity index (χ1v) is 7.24. The first-order valence-electron chi connectivity index (χ1n) is 6.87. The summed E-state index contributed by atoms with van der Waals surface area (Å²) in [5.74, 6) is 1.38. The lowest BCUT2D eigenvalue weighted by atomic mass is 10.1. The molecule has 2 rings (SSSR count). The zero-order chi connectivity index (χ0) is 16.8. The minimum absolute atomic E-state index is 0.214. The van der Waals surface area contributed by atoms with Crippen molar-refractivity contribution in [2.24, 2.45) is 0 Å². The molecule has 0 aliphatic carbocycles. The van der Waals surface area contributed by atoms with Gasteiger partial charge in [0, 0.05) is 6.07 Å². The molecule has 23 heavy (non-hydrogen) atoms. The van der Waals surface area contributed by atoms with Gasteiger partial charge in [0.25, 0.3) is 0 Å². The highest BCUT2D eigenvalue weighted by atomic mass is 35.5. The van der Waals surface area contributed by atoms with Crippen LogP contribution >= 0.6 is 11.6 Å². The van der Waals surface area contributed by atoms with Gasteiger partial charge in [0.2, 0.25) is 0 Å². The molecule has 4 nitrogen and oxygen atoms in total. The number of rotatable bonds is 6. The summed E-state index contributed by atoms with van der Waals surface area (Å²) in [5.41, 5.74) is 1.23. The van der Waals surface area contributed by atoms with Gasteiger partial charge >= 0.3 is 0 Å². The Morgan fingerprint density at radius 1 is 1.00 bits per heavy atom. The fourth-order valence-corrected chi connectivity index (χ4v) is 2.30. The minimum atomic E-state index is -0.214. The highest BCUT2D eigenvalue weighted by molar-refractivity contribution is 6.32. The van der Waals surface area contributed by atoms with Gasteiger partial charge in [-0.15, -0.1) is 0 Å². The Bertz CT molecular complexity index is 738. The second kappa shape index (κ2) is 7.70. The average molecular weight is 333 g/mol. The zero-order valence-electron chi connectivity index (χ0n) is 13.1. The summed E-state index contributed by atoms with van der Waals surface area (Å²) in [4.78, 5) is 12.4. The minimum Gasteiger partial charge on any atom is -0.497 e. The maximum Gasteiger partial charge on any atom is 0.189 e. The number of ether oxygens (including phenoxy) is 3. The molecule has 0 aromatic heterocycles. The van der Waals surface area contributed by atoms with E-state index in [0.717, 1.165) is 11.3 Å². The summed E-state index contributed by atoms with van der Waals surface area (Å²) >= 11 is 6.09. The van der Waals surface area contributed by atoms with Crippen molar-refractivity contribution in [2.75, 3.05) is 21.3 Å². The third-order valence-corrected chi connectivity index (χ3v) is 3.56. The quantitative estimate of drug-likeness (QED) is 0.585. The highest BCUT2D eigenvalue weighted by Crippen LogP contribution is 2.33. The molecule has 0 atom stereocenters. The van der Waals surface area contributed by atoms with Gasteiger partial charge in [0.1, 0.15) is 17.2 Å². The van der Waals surface area contributed by atoms with Gasteiger partial charge in [-0.2, -0.15) is 0 Å². The largest absolute Gasteiger partial charge is 0.497 e. The number of allylic oxidation sites excluding steroid dienone is 1. The SMILES string of the molecule is COc1cccc(C=CC(=O)c2cc(Cl)c(OC)cc2OC)c1. The Morgan fingerprint density at radius 2 is 1.74 bits per heavy atom. The van der Waals surface area contributed by atoms with Crippen molar-refractivity contribution in [3.63, 3.8) is 0 Å². The van der Waals surface area contributed by atoms with Gasteiger partial charge < -0.3 is 14.2 Å². The van der Waals surface area contributed by atoms with E-state index >= 15 is 0 Å². The van der Waals surface area contributed by atoms with Crippen molar-refractivity contribution in [2.45, 2.75) is 0 Å². The topological polar surface area (TPSA) is 44.8 Å². The van der Waals surface area contributed by atoms with Crippen LogP contribution in [0.1, 0.15) is 15.9 Å². The van der Waals surface area contributed by atoms with E-state index < -0.39 is 0 Å². The van der Waals surface area contributed by atoms with Gasteiger partial charge in [0.05, 0.1) is 31.9 Å². The van der Waals surface area contributed by atoms with Crippen LogP contribution in [-0.2, 0) is 0 Å². The van der Waals surface area contributed by atoms with E-state index in [4.69, 9.17) is 25.8 Å². The summed E-state index contributed by atoms with van der Waals surface area (Å²) in [6.07, 6.45) is 3.18. The summed E-state index contributed by atoms with van der Waals surface area (Å²) in [6.45, 7) is 0. The average Bonchev–Trinajstić information content (AvgIpc) is 2.59. The Kier molecular flexibility index (Phi) is 5.66. The molecule has 0 radical (unpaired) electrons. The smallest absolute Gasteiger partial charge is 0.189 e. The molecule has 0 N–H and O–H groups in total. The Labute approximate surface area is 140 Å². The molecule has 0 aliphatic rings. The molecule has 0 fully saturated rings. The molecule has 2 aromatic carbocycles. The molecule has 120 valence electrons. The molecule has 0 bridgehead atoms. The van der Waals surface area contributed by atoms with Gasteiger partial charge in [-0.3, -0.25) is 4.79 Å². The summed E-state index contributed by atoms with van der Waals surface area (Å²) in [7, 11) is 4.59. The first-order chi connectivity index (χ1) is 11.1. The van der Waals surface area contributed by atoms with Crippen LogP contribution in [0.3, 0.4) is 0 Å². The van der Waals surface area contributed by atoms with E-state index in [0.29, 0.717) is 22.1 Å². The lowest BCUT2D eigenvalue weighted by Crippen LogP contribution is -2.00. The zero-order valence-corrected chi connectivity index (χ0v) is 13.9.